The quantitative estimate of drug-likeness (QED) is 0.631. The van der Waals surface area contributed by atoms with Crippen molar-refractivity contribution in [3.63, 3.8) is 0 Å². The van der Waals surface area contributed by atoms with E-state index in [1.807, 2.05) is 25.1 Å². The van der Waals surface area contributed by atoms with Crippen LogP contribution in [-0.4, -0.2) is 17.2 Å². The number of pyridine rings is 1. The fourth-order valence-electron chi connectivity index (χ4n) is 1.27. The standard InChI is InChI=1S/C10H10N2O/c1-7-2-3-8-4-5-11-10(13)9(8)6-12-7/h2-7H,1H3,(H,11,13)/t7-/m0/s1. The minimum atomic E-state index is -0.0833. The molecule has 1 aromatic heterocycles. The van der Waals surface area contributed by atoms with Gasteiger partial charge in [0.2, 0.25) is 0 Å². The van der Waals surface area contributed by atoms with Gasteiger partial charge in [0.25, 0.3) is 5.56 Å². The minimum absolute atomic E-state index is 0.0833. The molecule has 0 amide bonds. The zero-order chi connectivity index (χ0) is 9.26. The molecule has 0 unspecified atom stereocenters. The molecule has 0 aliphatic carbocycles. The van der Waals surface area contributed by atoms with E-state index in [2.05, 4.69) is 9.98 Å². The van der Waals surface area contributed by atoms with Crippen LogP contribution in [0.4, 0.5) is 0 Å². The van der Waals surface area contributed by atoms with Gasteiger partial charge in [-0.2, -0.15) is 0 Å². The zero-order valence-corrected chi connectivity index (χ0v) is 7.32. The molecule has 0 aromatic carbocycles. The topological polar surface area (TPSA) is 45.2 Å². The summed E-state index contributed by atoms with van der Waals surface area (Å²) in [5, 5.41) is 0. The molecule has 0 bridgehead atoms. The lowest BCUT2D eigenvalue weighted by Crippen LogP contribution is -2.12. The van der Waals surface area contributed by atoms with Gasteiger partial charge in [-0.15, -0.1) is 0 Å². The molecule has 1 aliphatic rings. The van der Waals surface area contributed by atoms with Gasteiger partial charge in [0.15, 0.2) is 0 Å². The molecule has 66 valence electrons. The lowest BCUT2D eigenvalue weighted by molar-refractivity contribution is 0.939. The molecule has 1 N–H and O–H groups in total. The van der Waals surface area contributed by atoms with Crippen molar-refractivity contribution in [2.75, 3.05) is 0 Å². The Morgan fingerprint density at radius 2 is 2.38 bits per heavy atom. The van der Waals surface area contributed by atoms with E-state index in [1.54, 1.807) is 12.4 Å². The Labute approximate surface area is 75.8 Å². The third-order valence-corrected chi connectivity index (χ3v) is 2.03. The van der Waals surface area contributed by atoms with Crippen LogP contribution in [0.3, 0.4) is 0 Å². The van der Waals surface area contributed by atoms with Crippen molar-refractivity contribution in [1.82, 2.24) is 4.98 Å². The van der Waals surface area contributed by atoms with Gasteiger partial charge in [0.05, 0.1) is 11.6 Å². The fraction of sp³-hybridized carbons (Fsp3) is 0.200. The van der Waals surface area contributed by atoms with Gasteiger partial charge in [-0.1, -0.05) is 12.2 Å². The summed E-state index contributed by atoms with van der Waals surface area (Å²) in [4.78, 5) is 18.2. The Morgan fingerprint density at radius 3 is 3.23 bits per heavy atom. The van der Waals surface area contributed by atoms with E-state index in [-0.39, 0.29) is 11.6 Å². The SMILES string of the molecule is C[C@H]1C=Cc2cc[nH]c(=O)c2C=N1. The van der Waals surface area contributed by atoms with Crippen LogP contribution >= 0.6 is 0 Å². The molecule has 1 aliphatic heterocycles. The van der Waals surface area contributed by atoms with Crippen LogP contribution in [0.15, 0.2) is 28.1 Å². The first-order valence-electron chi connectivity index (χ1n) is 4.20. The van der Waals surface area contributed by atoms with Gasteiger partial charge in [-0.3, -0.25) is 9.79 Å². The first kappa shape index (κ1) is 7.98. The summed E-state index contributed by atoms with van der Waals surface area (Å²) in [5.41, 5.74) is 1.49. The highest BCUT2D eigenvalue weighted by molar-refractivity contribution is 5.86. The average Bonchev–Trinajstić information content (AvgIpc) is 2.30. The van der Waals surface area contributed by atoms with Crippen LogP contribution in [0.1, 0.15) is 18.1 Å². The summed E-state index contributed by atoms with van der Waals surface area (Å²) < 4.78 is 0. The predicted molar refractivity (Wildman–Crippen MR) is 53.2 cm³/mol. The number of hydrogen-bond donors (Lipinski definition) is 1. The number of hydrogen-bond acceptors (Lipinski definition) is 2. The Morgan fingerprint density at radius 1 is 1.54 bits per heavy atom. The highest BCUT2D eigenvalue weighted by Crippen LogP contribution is 2.08. The molecule has 0 spiro atoms. The summed E-state index contributed by atoms with van der Waals surface area (Å²) in [6.07, 6.45) is 7.19. The van der Waals surface area contributed by atoms with Crippen molar-refractivity contribution in [3.8, 4) is 0 Å². The summed E-state index contributed by atoms with van der Waals surface area (Å²) in [5.74, 6) is 0. The number of aromatic amines is 1. The molecule has 2 rings (SSSR count). The highest BCUT2D eigenvalue weighted by Gasteiger charge is 2.05. The lowest BCUT2D eigenvalue weighted by atomic mass is 10.1. The maximum absolute atomic E-state index is 11.3. The molecule has 3 nitrogen and oxygen atoms in total. The number of rotatable bonds is 0. The van der Waals surface area contributed by atoms with Crippen LogP contribution in [0.2, 0.25) is 0 Å². The van der Waals surface area contributed by atoms with E-state index >= 15 is 0 Å². The lowest BCUT2D eigenvalue weighted by Gasteiger charge is -1.95. The Kier molecular flexibility index (Phi) is 1.85. The average molecular weight is 174 g/mol. The third kappa shape index (κ3) is 1.45. The molecule has 1 aromatic rings. The van der Waals surface area contributed by atoms with E-state index in [1.165, 1.54) is 0 Å². The third-order valence-electron chi connectivity index (χ3n) is 2.03. The van der Waals surface area contributed by atoms with Gasteiger partial charge in [-0.05, 0) is 18.6 Å². The van der Waals surface area contributed by atoms with Gasteiger partial charge in [0, 0.05) is 12.4 Å². The van der Waals surface area contributed by atoms with E-state index in [0.29, 0.717) is 5.56 Å². The predicted octanol–water partition coefficient (Wildman–Crippen LogP) is 1.21. The van der Waals surface area contributed by atoms with Gasteiger partial charge >= 0.3 is 0 Å². The largest absolute Gasteiger partial charge is 0.329 e. The molecule has 2 heterocycles. The Bertz CT molecular complexity index is 429. The molecular formula is C10H10N2O. The van der Waals surface area contributed by atoms with E-state index in [0.717, 1.165) is 5.56 Å². The summed E-state index contributed by atoms with van der Waals surface area (Å²) in [7, 11) is 0. The van der Waals surface area contributed by atoms with E-state index < -0.39 is 0 Å². The van der Waals surface area contributed by atoms with Crippen molar-refractivity contribution in [3.05, 3.63) is 39.8 Å². The highest BCUT2D eigenvalue weighted by atomic mass is 16.1. The first-order valence-corrected chi connectivity index (χ1v) is 4.20. The number of aromatic nitrogens is 1. The summed E-state index contributed by atoms with van der Waals surface area (Å²) in [6.45, 7) is 1.98. The first-order chi connectivity index (χ1) is 6.27. The molecule has 0 radical (unpaired) electrons. The van der Waals surface area contributed by atoms with Gasteiger partial charge in [-0.25, -0.2) is 0 Å². The van der Waals surface area contributed by atoms with E-state index in [9.17, 15) is 4.79 Å². The number of nitrogens with zero attached hydrogens (tertiary/aromatic N) is 1. The normalized spacial score (nSPS) is 19.6. The molecule has 0 saturated heterocycles. The van der Waals surface area contributed by atoms with Crippen LogP contribution in [0, 0.1) is 0 Å². The number of aliphatic imine (C=N–C) groups is 1. The smallest absolute Gasteiger partial charge is 0.257 e. The second kappa shape index (κ2) is 3.01. The second-order valence-corrected chi connectivity index (χ2v) is 3.05. The summed E-state index contributed by atoms with van der Waals surface area (Å²) >= 11 is 0. The van der Waals surface area contributed by atoms with Crippen molar-refractivity contribution in [1.29, 1.82) is 0 Å². The molecular weight excluding hydrogens is 164 g/mol. The minimum Gasteiger partial charge on any atom is -0.329 e. The van der Waals surface area contributed by atoms with Crippen molar-refractivity contribution in [2.45, 2.75) is 13.0 Å². The van der Waals surface area contributed by atoms with Crippen LogP contribution in [-0.2, 0) is 0 Å². The molecule has 1 atom stereocenters. The fourth-order valence-corrected chi connectivity index (χ4v) is 1.27. The molecule has 13 heavy (non-hydrogen) atoms. The molecule has 0 fully saturated rings. The van der Waals surface area contributed by atoms with Crippen molar-refractivity contribution in [2.24, 2.45) is 4.99 Å². The maximum Gasteiger partial charge on any atom is 0.257 e. The zero-order valence-electron chi connectivity index (χ0n) is 7.32. The van der Waals surface area contributed by atoms with Crippen LogP contribution in [0.5, 0.6) is 0 Å². The Balaban J connectivity index is 2.66. The van der Waals surface area contributed by atoms with Gasteiger partial charge in [0.1, 0.15) is 0 Å². The number of fused-ring (bicyclic) bond motifs is 1. The molecule has 3 heteroatoms. The number of nitrogens with one attached hydrogen (secondary N) is 1. The van der Waals surface area contributed by atoms with Crippen LogP contribution in [0.25, 0.3) is 6.08 Å². The monoisotopic (exact) mass is 174 g/mol. The molecule has 0 saturated carbocycles. The van der Waals surface area contributed by atoms with Gasteiger partial charge < -0.3 is 4.98 Å². The second-order valence-electron chi connectivity index (χ2n) is 3.05. The van der Waals surface area contributed by atoms with E-state index in [4.69, 9.17) is 0 Å². The summed E-state index contributed by atoms with van der Waals surface area (Å²) in [6, 6.07) is 2.02. The van der Waals surface area contributed by atoms with Crippen LogP contribution < -0.4 is 5.56 Å². The van der Waals surface area contributed by atoms with Crippen molar-refractivity contribution < 1.29 is 0 Å². The van der Waals surface area contributed by atoms with Crippen molar-refractivity contribution >= 4 is 12.3 Å². The maximum atomic E-state index is 11.3. The Hall–Kier alpha value is -1.64. The number of H-pyrrole nitrogens is 1.